The highest BCUT2D eigenvalue weighted by Gasteiger charge is 2.31. The number of nitrogens with one attached hydrogen (secondary N) is 1. The van der Waals surface area contributed by atoms with Crippen LogP contribution < -0.4 is 9.47 Å². The third kappa shape index (κ3) is 2.07. The molecule has 4 heterocycles. The van der Waals surface area contributed by atoms with E-state index in [1.807, 2.05) is 25.2 Å². The summed E-state index contributed by atoms with van der Waals surface area (Å²) >= 11 is 0. The molecular formula is C16H15N5O3. The van der Waals surface area contributed by atoms with Crippen molar-refractivity contribution in [2.75, 3.05) is 13.8 Å². The first-order chi connectivity index (χ1) is 11.8. The van der Waals surface area contributed by atoms with Gasteiger partial charge in [0.15, 0.2) is 11.5 Å². The van der Waals surface area contributed by atoms with E-state index in [4.69, 9.17) is 14.0 Å². The van der Waals surface area contributed by atoms with E-state index in [1.165, 1.54) is 0 Å². The minimum Gasteiger partial charge on any atom is -0.454 e. The molecule has 1 atom stereocenters. The molecule has 1 aromatic carbocycles. The van der Waals surface area contributed by atoms with E-state index < -0.39 is 0 Å². The van der Waals surface area contributed by atoms with Gasteiger partial charge in [-0.1, -0.05) is 5.16 Å². The minimum atomic E-state index is 0.0241. The van der Waals surface area contributed by atoms with Crippen LogP contribution in [0.15, 0.2) is 29.0 Å². The quantitative estimate of drug-likeness (QED) is 0.770. The zero-order chi connectivity index (χ0) is 16.1. The molecule has 0 fully saturated rings. The number of hydrogen-bond acceptors (Lipinski definition) is 7. The van der Waals surface area contributed by atoms with Crippen LogP contribution in [0.3, 0.4) is 0 Å². The van der Waals surface area contributed by atoms with E-state index in [1.54, 1.807) is 6.33 Å². The Morgan fingerprint density at radius 2 is 2.17 bits per heavy atom. The van der Waals surface area contributed by atoms with Gasteiger partial charge >= 0.3 is 0 Å². The van der Waals surface area contributed by atoms with Crippen LogP contribution in [-0.4, -0.2) is 38.8 Å². The molecule has 24 heavy (non-hydrogen) atoms. The van der Waals surface area contributed by atoms with Gasteiger partial charge in [0.25, 0.3) is 0 Å². The molecule has 0 spiro atoms. The molecule has 122 valence electrons. The van der Waals surface area contributed by atoms with Crippen molar-refractivity contribution in [1.82, 2.24) is 25.0 Å². The topological polar surface area (TPSA) is 89.3 Å². The standard InChI is InChI=1S/C16H15N5O3/c1-21-6-11-10(17-7-18-11)5-12(21)16-19-15(20-24-16)9-2-3-13-14(4-9)23-8-22-13/h2-4,7,12H,5-6,8H2,1H3,(H,17,18)/t12-/m0/s1. The first-order valence-corrected chi connectivity index (χ1v) is 7.73. The molecule has 0 aliphatic carbocycles. The Labute approximate surface area is 137 Å². The molecule has 0 bridgehead atoms. The maximum absolute atomic E-state index is 5.53. The van der Waals surface area contributed by atoms with Crippen LogP contribution in [0.1, 0.15) is 23.3 Å². The minimum absolute atomic E-state index is 0.0241. The summed E-state index contributed by atoms with van der Waals surface area (Å²) in [5.41, 5.74) is 3.04. The Morgan fingerprint density at radius 1 is 1.25 bits per heavy atom. The van der Waals surface area contributed by atoms with Gasteiger partial charge in [0.05, 0.1) is 23.8 Å². The number of nitrogens with zero attached hydrogens (tertiary/aromatic N) is 4. The first kappa shape index (κ1) is 13.6. The number of fused-ring (bicyclic) bond motifs is 2. The van der Waals surface area contributed by atoms with E-state index in [2.05, 4.69) is 25.0 Å². The Hall–Kier alpha value is -2.87. The number of likely N-dealkylation sites (N-methyl/N-ethyl adjacent to an activating group) is 1. The average molecular weight is 325 g/mol. The summed E-state index contributed by atoms with van der Waals surface area (Å²) < 4.78 is 16.3. The zero-order valence-electron chi connectivity index (χ0n) is 13.0. The molecule has 0 unspecified atom stereocenters. The van der Waals surface area contributed by atoms with Crippen LogP contribution >= 0.6 is 0 Å². The zero-order valence-corrected chi connectivity index (χ0v) is 13.0. The second-order valence-electron chi connectivity index (χ2n) is 5.99. The first-order valence-electron chi connectivity index (χ1n) is 7.73. The molecule has 2 aliphatic rings. The fourth-order valence-corrected chi connectivity index (χ4v) is 3.16. The molecule has 0 radical (unpaired) electrons. The predicted octanol–water partition coefficient (Wildman–Crippen LogP) is 1.92. The van der Waals surface area contributed by atoms with Crippen LogP contribution in [0.4, 0.5) is 0 Å². The highest BCUT2D eigenvalue weighted by atomic mass is 16.7. The van der Waals surface area contributed by atoms with Gasteiger partial charge in [0, 0.05) is 18.5 Å². The number of H-pyrrole nitrogens is 1. The number of aromatic nitrogens is 4. The number of aromatic amines is 1. The van der Waals surface area contributed by atoms with E-state index in [-0.39, 0.29) is 12.8 Å². The van der Waals surface area contributed by atoms with Crippen molar-refractivity contribution in [2.24, 2.45) is 0 Å². The second-order valence-corrected chi connectivity index (χ2v) is 5.99. The van der Waals surface area contributed by atoms with E-state index in [9.17, 15) is 0 Å². The smallest absolute Gasteiger partial charge is 0.244 e. The van der Waals surface area contributed by atoms with Crippen molar-refractivity contribution in [3.63, 3.8) is 0 Å². The summed E-state index contributed by atoms with van der Waals surface area (Å²) in [7, 11) is 2.04. The fourth-order valence-electron chi connectivity index (χ4n) is 3.16. The van der Waals surface area contributed by atoms with Crippen molar-refractivity contribution < 1.29 is 14.0 Å². The molecule has 8 heteroatoms. The van der Waals surface area contributed by atoms with Crippen LogP contribution in [0.5, 0.6) is 11.5 Å². The number of ether oxygens (including phenoxy) is 2. The maximum atomic E-state index is 5.53. The molecule has 1 N–H and O–H groups in total. The van der Waals surface area contributed by atoms with Gasteiger partial charge in [0.2, 0.25) is 18.5 Å². The van der Waals surface area contributed by atoms with Gasteiger partial charge in [-0.2, -0.15) is 4.98 Å². The lowest BCUT2D eigenvalue weighted by Crippen LogP contribution is -2.31. The van der Waals surface area contributed by atoms with Crippen LogP contribution in [0.2, 0.25) is 0 Å². The number of benzene rings is 1. The van der Waals surface area contributed by atoms with Crippen molar-refractivity contribution in [3.8, 4) is 22.9 Å². The van der Waals surface area contributed by atoms with E-state index in [0.717, 1.165) is 35.7 Å². The molecule has 8 nitrogen and oxygen atoms in total. The summed E-state index contributed by atoms with van der Waals surface area (Å²) in [4.78, 5) is 14.3. The molecule has 2 aliphatic heterocycles. The SMILES string of the molecule is CN1Cc2[nH]cnc2C[C@H]1c1nc(-c2ccc3c(c2)OCO3)no1. The van der Waals surface area contributed by atoms with Gasteiger partial charge in [-0.3, -0.25) is 4.90 Å². The van der Waals surface area contributed by atoms with E-state index >= 15 is 0 Å². The largest absolute Gasteiger partial charge is 0.454 e. The highest BCUT2D eigenvalue weighted by Crippen LogP contribution is 2.36. The maximum Gasteiger partial charge on any atom is 0.244 e. The monoisotopic (exact) mass is 325 g/mol. The molecule has 0 saturated heterocycles. The van der Waals surface area contributed by atoms with Crippen LogP contribution in [-0.2, 0) is 13.0 Å². The molecule has 0 saturated carbocycles. The summed E-state index contributed by atoms with van der Waals surface area (Å²) in [6, 6.07) is 5.65. The Morgan fingerprint density at radius 3 is 3.12 bits per heavy atom. The highest BCUT2D eigenvalue weighted by molar-refractivity contribution is 5.61. The Balaban J connectivity index is 1.45. The van der Waals surface area contributed by atoms with E-state index in [0.29, 0.717) is 17.5 Å². The third-order valence-electron chi connectivity index (χ3n) is 4.49. The summed E-state index contributed by atoms with van der Waals surface area (Å²) in [6.45, 7) is 1.02. The lowest BCUT2D eigenvalue weighted by Gasteiger charge is -2.28. The van der Waals surface area contributed by atoms with Gasteiger partial charge in [-0.05, 0) is 25.2 Å². The normalized spacial score (nSPS) is 19.5. The van der Waals surface area contributed by atoms with Crippen molar-refractivity contribution in [3.05, 3.63) is 41.8 Å². The Bertz CT molecular complexity index is 903. The second kappa shape index (κ2) is 5.07. The third-order valence-corrected chi connectivity index (χ3v) is 4.49. The molecule has 3 aromatic rings. The van der Waals surface area contributed by atoms with Gasteiger partial charge in [-0.15, -0.1) is 0 Å². The van der Waals surface area contributed by atoms with Crippen LogP contribution in [0.25, 0.3) is 11.4 Å². The number of rotatable bonds is 2. The van der Waals surface area contributed by atoms with Gasteiger partial charge < -0.3 is 19.0 Å². The van der Waals surface area contributed by atoms with Crippen molar-refractivity contribution in [1.29, 1.82) is 0 Å². The van der Waals surface area contributed by atoms with Crippen molar-refractivity contribution >= 4 is 0 Å². The van der Waals surface area contributed by atoms with Gasteiger partial charge in [0.1, 0.15) is 0 Å². The Kier molecular flexibility index (Phi) is 2.86. The van der Waals surface area contributed by atoms with Crippen LogP contribution in [0, 0.1) is 0 Å². The molecule has 2 aromatic heterocycles. The van der Waals surface area contributed by atoms with Gasteiger partial charge in [-0.25, -0.2) is 4.98 Å². The van der Waals surface area contributed by atoms with Crippen molar-refractivity contribution in [2.45, 2.75) is 19.0 Å². The molecular weight excluding hydrogens is 310 g/mol. The summed E-state index contributed by atoms with van der Waals surface area (Å²) in [6.07, 6.45) is 2.48. The lowest BCUT2D eigenvalue weighted by molar-refractivity contribution is 0.171. The average Bonchev–Trinajstić information content (AvgIpc) is 3.32. The number of hydrogen-bond donors (Lipinski definition) is 1. The fraction of sp³-hybridized carbons (Fsp3) is 0.312. The molecule has 5 rings (SSSR count). The summed E-state index contributed by atoms with van der Waals surface area (Å²) in [5.74, 6) is 2.58. The lowest BCUT2D eigenvalue weighted by atomic mass is 10.0. The predicted molar refractivity (Wildman–Crippen MR) is 82.4 cm³/mol. The summed E-state index contributed by atoms with van der Waals surface area (Å²) in [5, 5.41) is 4.13. The molecule has 0 amide bonds. The number of imidazole rings is 1.